The normalized spacial score (nSPS) is 16.6. The number of hydrogen-bond donors (Lipinski definition) is 0. The molecule has 0 radical (unpaired) electrons. The van der Waals surface area contributed by atoms with Crippen LogP contribution in [0.1, 0.15) is 51.3 Å². The molecule has 2 aliphatic heterocycles. The van der Waals surface area contributed by atoms with Crippen LogP contribution in [-0.4, -0.2) is 62.6 Å². The van der Waals surface area contributed by atoms with Gasteiger partial charge in [-0.25, -0.2) is 4.79 Å². The Balaban J connectivity index is 1.85. The number of carbonyl (C=O) groups is 1. The van der Waals surface area contributed by atoms with Crippen LogP contribution >= 0.6 is 0 Å². The molecule has 2 heterocycles. The zero-order valence-electron chi connectivity index (χ0n) is 18.7. The molecule has 0 aliphatic carbocycles. The fourth-order valence-electron chi connectivity index (χ4n) is 4.21. The minimum Gasteiger partial charge on any atom is -0.490 e. The molecule has 0 saturated heterocycles. The van der Waals surface area contributed by atoms with Crippen molar-refractivity contribution in [3.05, 3.63) is 22.8 Å². The number of benzene rings is 1. The summed E-state index contributed by atoms with van der Waals surface area (Å²) in [5, 5.41) is 0. The molecule has 6 nitrogen and oxygen atoms in total. The van der Waals surface area contributed by atoms with Crippen molar-refractivity contribution in [3.63, 3.8) is 0 Å². The predicted octanol–water partition coefficient (Wildman–Crippen LogP) is 3.82. The maximum atomic E-state index is 12.6. The van der Waals surface area contributed by atoms with Crippen molar-refractivity contribution < 1.29 is 19.0 Å². The van der Waals surface area contributed by atoms with Crippen LogP contribution in [0.4, 0.5) is 10.5 Å². The molecular formula is C23H36N2O4. The zero-order valence-corrected chi connectivity index (χ0v) is 18.7. The Labute approximate surface area is 175 Å². The van der Waals surface area contributed by atoms with Crippen LogP contribution < -0.4 is 9.64 Å². The number of carbonyl (C=O) groups excluding carboxylic acids is 1. The molecule has 3 rings (SSSR count). The fourth-order valence-corrected chi connectivity index (χ4v) is 4.21. The summed E-state index contributed by atoms with van der Waals surface area (Å²) >= 11 is 0. The summed E-state index contributed by atoms with van der Waals surface area (Å²) in [6, 6.07) is 2.20. The Bertz CT molecular complexity index is 727. The monoisotopic (exact) mass is 404 g/mol. The Morgan fingerprint density at radius 2 is 1.93 bits per heavy atom. The molecule has 0 bridgehead atoms. The first-order valence-corrected chi connectivity index (χ1v) is 10.9. The van der Waals surface area contributed by atoms with Crippen molar-refractivity contribution in [1.29, 1.82) is 0 Å². The summed E-state index contributed by atoms with van der Waals surface area (Å²) in [6.07, 6.45) is 2.41. The topological polar surface area (TPSA) is 51.2 Å². The summed E-state index contributed by atoms with van der Waals surface area (Å²) in [5.41, 5.74) is 4.80. The van der Waals surface area contributed by atoms with Gasteiger partial charge < -0.3 is 24.0 Å². The number of fused-ring (bicyclic) bond motifs is 2. The van der Waals surface area contributed by atoms with Crippen molar-refractivity contribution in [2.45, 2.75) is 59.5 Å². The molecule has 0 unspecified atom stereocenters. The Kier molecular flexibility index (Phi) is 6.93. The Hall–Kier alpha value is -1.95. The van der Waals surface area contributed by atoms with Crippen LogP contribution in [0.25, 0.3) is 0 Å². The molecule has 0 saturated carbocycles. The molecule has 2 aliphatic rings. The second-order valence-electron chi connectivity index (χ2n) is 8.69. The largest absolute Gasteiger partial charge is 0.490 e. The Morgan fingerprint density at radius 1 is 1.17 bits per heavy atom. The number of nitrogens with zero attached hydrogens (tertiary/aromatic N) is 2. The van der Waals surface area contributed by atoms with Crippen LogP contribution in [0.2, 0.25) is 0 Å². The molecule has 6 heteroatoms. The number of amides is 1. The van der Waals surface area contributed by atoms with Crippen LogP contribution in [0, 0.1) is 0 Å². The standard InChI is InChI=1S/C23H36N2O4/c1-6-18-19-9-11-25(22(26)29-23(3,4)5)10-8-17(19)16-20-21(18)24(13-15-28-20)12-14-27-7-2/h16H,6-15H2,1-5H3. The molecule has 0 spiro atoms. The Morgan fingerprint density at radius 3 is 2.62 bits per heavy atom. The van der Waals surface area contributed by atoms with E-state index in [0.717, 1.165) is 51.3 Å². The molecule has 29 heavy (non-hydrogen) atoms. The molecule has 1 aromatic carbocycles. The van der Waals surface area contributed by atoms with E-state index in [4.69, 9.17) is 14.2 Å². The summed E-state index contributed by atoms with van der Waals surface area (Å²) in [7, 11) is 0. The summed E-state index contributed by atoms with van der Waals surface area (Å²) in [4.78, 5) is 16.8. The van der Waals surface area contributed by atoms with E-state index in [2.05, 4.69) is 17.9 Å². The molecule has 1 amide bonds. The lowest BCUT2D eigenvalue weighted by Crippen LogP contribution is -2.38. The maximum absolute atomic E-state index is 12.6. The second-order valence-corrected chi connectivity index (χ2v) is 8.69. The van der Waals surface area contributed by atoms with Gasteiger partial charge in [0.15, 0.2) is 0 Å². The third-order valence-corrected chi connectivity index (χ3v) is 5.51. The van der Waals surface area contributed by atoms with E-state index in [1.165, 1.54) is 22.4 Å². The van der Waals surface area contributed by atoms with Gasteiger partial charge in [-0.3, -0.25) is 0 Å². The molecule has 0 aromatic heterocycles. The summed E-state index contributed by atoms with van der Waals surface area (Å²) in [6.45, 7) is 15.3. The molecule has 162 valence electrons. The highest BCUT2D eigenvalue weighted by Crippen LogP contribution is 2.40. The SMILES string of the molecule is CCOCCN1CCOc2cc3c(c(CC)c21)CCN(C(=O)OC(C)(C)C)CC3. The van der Waals surface area contributed by atoms with Crippen molar-refractivity contribution >= 4 is 11.8 Å². The van der Waals surface area contributed by atoms with Crippen LogP contribution in [0.15, 0.2) is 6.07 Å². The van der Waals surface area contributed by atoms with E-state index in [1.807, 2.05) is 32.6 Å². The van der Waals surface area contributed by atoms with Gasteiger partial charge in [-0.2, -0.15) is 0 Å². The predicted molar refractivity (Wildman–Crippen MR) is 115 cm³/mol. The van der Waals surface area contributed by atoms with Gasteiger partial charge in [0.05, 0.1) is 18.8 Å². The van der Waals surface area contributed by atoms with Crippen molar-refractivity contribution in [2.75, 3.05) is 50.9 Å². The highest BCUT2D eigenvalue weighted by Gasteiger charge is 2.29. The van der Waals surface area contributed by atoms with Gasteiger partial charge in [-0.1, -0.05) is 6.92 Å². The molecule has 0 fully saturated rings. The molecule has 1 aromatic rings. The first kappa shape index (κ1) is 21.8. The third-order valence-electron chi connectivity index (χ3n) is 5.51. The highest BCUT2D eigenvalue weighted by molar-refractivity contribution is 5.71. The highest BCUT2D eigenvalue weighted by atomic mass is 16.6. The van der Waals surface area contributed by atoms with Gasteiger partial charge in [-0.15, -0.1) is 0 Å². The van der Waals surface area contributed by atoms with E-state index in [9.17, 15) is 4.79 Å². The van der Waals surface area contributed by atoms with Gasteiger partial charge in [0.25, 0.3) is 0 Å². The smallest absolute Gasteiger partial charge is 0.410 e. The number of ether oxygens (including phenoxy) is 3. The third kappa shape index (κ3) is 5.16. The minimum atomic E-state index is -0.473. The van der Waals surface area contributed by atoms with Gasteiger partial charge in [0, 0.05) is 26.2 Å². The van der Waals surface area contributed by atoms with E-state index < -0.39 is 5.60 Å². The molecule has 0 N–H and O–H groups in total. The van der Waals surface area contributed by atoms with Gasteiger partial charge in [0.2, 0.25) is 0 Å². The maximum Gasteiger partial charge on any atom is 0.410 e. The fraction of sp³-hybridized carbons (Fsp3) is 0.696. The zero-order chi connectivity index (χ0) is 21.0. The van der Waals surface area contributed by atoms with Crippen molar-refractivity contribution in [2.24, 2.45) is 0 Å². The number of rotatable bonds is 5. The van der Waals surface area contributed by atoms with Gasteiger partial charge in [-0.05, 0) is 69.7 Å². The first-order valence-electron chi connectivity index (χ1n) is 10.9. The van der Waals surface area contributed by atoms with E-state index in [-0.39, 0.29) is 6.09 Å². The van der Waals surface area contributed by atoms with Gasteiger partial charge in [0.1, 0.15) is 18.0 Å². The van der Waals surface area contributed by atoms with Crippen molar-refractivity contribution in [1.82, 2.24) is 4.90 Å². The van der Waals surface area contributed by atoms with Crippen LogP contribution in [0.5, 0.6) is 5.75 Å². The second kappa shape index (κ2) is 9.24. The molecular weight excluding hydrogens is 368 g/mol. The van der Waals surface area contributed by atoms with E-state index in [1.54, 1.807) is 0 Å². The van der Waals surface area contributed by atoms with E-state index in [0.29, 0.717) is 19.7 Å². The lowest BCUT2D eigenvalue weighted by atomic mass is 9.92. The van der Waals surface area contributed by atoms with Gasteiger partial charge >= 0.3 is 6.09 Å². The molecule has 0 atom stereocenters. The van der Waals surface area contributed by atoms with Crippen molar-refractivity contribution in [3.8, 4) is 5.75 Å². The van der Waals surface area contributed by atoms with E-state index >= 15 is 0 Å². The number of hydrogen-bond acceptors (Lipinski definition) is 5. The summed E-state index contributed by atoms with van der Waals surface area (Å²) in [5.74, 6) is 0.981. The lowest BCUT2D eigenvalue weighted by molar-refractivity contribution is 0.0258. The average molecular weight is 405 g/mol. The average Bonchev–Trinajstić information content (AvgIpc) is 2.88. The van der Waals surface area contributed by atoms with Crippen LogP contribution in [-0.2, 0) is 28.7 Å². The lowest BCUT2D eigenvalue weighted by Gasteiger charge is -2.34. The number of anilines is 1. The first-order chi connectivity index (χ1) is 13.8. The summed E-state index contributed by atoms with van der Waals surface area (Å²) < 4.78 is 17.3. The quantitative estimate of drug-likeness (QED) is 0.699. The van der Waals surface area contributed by atoms with Crippen LogP contribution in [0.3, 0.4) is 0 Å². The minimum absolute atomic E-state index is 0.220.